The van der Waals surface area contributed by atoms with E-state index in [2.05, 4.69) is 4.98 Å². The number of aromatic nitrogens is 1. The average molecular weight is 183 g/mol. The van der Waals surface area contributed by atoms with E-state index in [4.69, 9.17) is 20.9 Å². The Morgan fingerprint density at radius 1 is 1.31 bits per heavy atom. The predicted molar refractivity (Wildman–Crippen MR) is 50.4 cm³/mol. The number of hydrogen-bond donors (Lipinski definition) is 2. The fourth-order valence-corrected chi connectivity index (χ4v) is 0.777. The lowest BCUT2D eigenvalue weighted by atomic mass is 10.4. The van der Waals surface area contributed by atoms with Crippen LogP contribution in [0, 0.1) is 0 Å². The Bertz CT molecular complexity index is 278. The van der Waals surface area contributed by atoms with Crippen LogP contribution in [0.5, 0.6) is 5.88 Å². The number of hydrogen-bond acceptors (Lipinski definition) is 5. The van der Waals surface area contributed by atoms with Crippen molar-refractivity contribution in [2.24, 2.45) is 0 Å². The number of nitrogens with two attached hydrogens (primary N) is 2. The van der Waals surface area contributed by atoms with Crippen molar-refractivity contribution >= 4 is 11.5 Å². The second kappa shape index (κ2) is 4.51. The summed E-state index contributed by atoms with van der Waals surface area (Å²) in [6, 6.07) is 3.33. The molecule has 0 radical (unpaired) electrons. The van der Waals surface area contributed by atoms with E-state index < -0.39 is 0 Å². The van der Waals surface area contributed by atoms with Crippen LogP contribution >= 0.6 is 0 Å². The van der Waals surface area contributed by atoms with Crippen molar-refractivity contribution in [3.63, 3.8) is 0 Å². The summed E-state index contributed by atoms with van der Waals surface area (Å²) in [6.45, 7) is 0.971. The first-order chi connectivity index (χ1) is 6.24. The van der Waals surface area contributed by atoms with Gasteiger partial charge in [-0.15, -0.1) is 0 Å². The van der Waals surface area contributed by atoms with Gasteiger partial charge in [0.15, 0.2) is 5.82 Å². The van der Waals surface area contributed by atoms with Gasteiger partial charge in [-0.25, -0.2) is 0 Å². The first kappa shape index (κ1) is 9.60. The van der Waals surface area contributed by atoms with Crippen molar-refractivity contribution in [1.29, 1.82) is 0 Å². The standard InChI is InChI=1S/C8H13N3O2/c1-12-4-5-13-7-3-2-6(9)8(10)11-7/h2-3H,4-5,9H2,1H3,(H2,10,11). The smallest absolute Gasteiger partial charge is 0.215 e. The molecule has 0 aliphatic carbocycles. The molecule has 0 spiro atoms. The van der Waals surface area contributed by atoms with Crippen LogP contribution in [0.4, 0.5) is 11.5 Å². The summed E-state index contributed by atoms with van der Waals surface area (Å²) in [6.07, 6.45) is 0. The highest BCUT2D eigenvalue weighted by Gasteiger charge is 1.99. The van der Waals surface area contributed by atoms with Crippen LogP contribution < -0.4 is 16.2 Å². The molecule has 0 saturated heterocycles. The minimum absolute atomic E-state index is 0.287. The molecule has 0 aliphatic rings. The van der Waals surface area contributed by atoms with E-state index in [0.717, 1.165) is 0 Å². The molecule has 1 heterocycles. The molecule has 1 rings (SSSR count). The van der Waals surface area contributed by atoms with E-state index in [1.807, 2.05) is 0 Å². The number of pyridine rings is 1. The first-order valence-corrected chi connectivity index (χ1v) is 3.87. The van der Waals surface area contributed by atoms with Gasteiger partial charge in [0.25, 0.3) is 0 Å². The van der Waals surface area contributed by atoms with Gasteiger partial charge in [0.2, 0.25) is 5.88 Å². The second-order valence-corrected chi connectivity index (χ2v) is 2.47. The maximum absolute atomic E-state index is 5.48. The molecule has 1 aromatic rings. The van der Waals surface area contributed by atoms with Gasteiger partial charge in [0.05, 0.1) is 12.3 Å². The third-order valence-corrected chi connectivity index (χ3v) is 1.47. The van der Waals surface area contributed by atoms with Crippen LogP contribution in [0.25, 0.3) is 0 Å². The van der Waals surface area contributed by atoms with Crippen LogP contribution in [0.2, 0.25) is 0 Å². The zero-order valence-corrected chi connectivity index (χ0v) is 7.49. The van der Waals surface area contributed by atoms with Gasteiger partial charge in [-0.3, -0.25) is 0 Å². The highest BCUT2D eigenvalue weighted by Crippen LogP contribution is 2.15. The van der Waals surface area contributed by atoms with Crippen molar-refractivity contribution < 1.29 is 9.47 Å². The minimum Gasteiger partial charge on any atom is -0.475 e. The van der Waals surface area contributed by atoms with E-state index in [-0.39, 0.29) is 5.82 Å². The quantitative estimate of drug-likeness (QED) is 0.655. The number of methoxy groups -OCH3 is 1. The zero-order chi connectivity index (χ0) is 9.68. The third kappa shape index (κ3) is 2.79. The molecule has 13 heavy (non-hydrogen) atoms. The summed E-state index contributed by atoms with van der Waals surface area (Å²) in [5.41, 5.74) is 11.4. The summed E-state index contributed by atoms with van der Waals surface area (Å²) in [5, 5.41) is 0. The summed E-state index contributed by atoms with van der Waals surface area (Å²) in [7, 11) is 1.61. The fourth-order valence-electron chi connectivity index (χ4n) is 0.777. The largest absolute Gasteiger partial charge is 0.475 e. The molecule has 4 N–H and O–H groups in total. The van der Waals surface area contributed by atoms with Crippen LogP contribution in [0.15, 0.2) is 12.1 Å². The molecule has 0 aliphatic heterocycles. The zero-order valence-electron chi connectivity index (χ0n) is 7.49. The van der Waals surface area contributed by atoms with Crippen LogP contribution in [0.1, 0.15) is 0 Å². The van der Waals surface area contributed by atoms with Gasteiger partial charge in [0, 0.05) is 13.2 Å². The van der Waals surface area contributed by atoms with E-state index in [1.165, 1.54) is 0 Å². The first-order valence-electron chi connectivity index (χ1n) is 3.87. The lowest BCUT2D eigenvalue weighted by Crippen LogP contribution is -2.06. The Morgan fingerprint density at radius 3 is 2.69 bits per heavy atom. The molecule has 0 bridgehead atoms. The van der Waals surface area contributed by atoms with E-state index in [0.29, 0.717) is 24.8 Å². The molecule has 1 aromatic heterocycles. The van der Waals surface area contributed by atoms with E-state index in [9.17, 15) is 0 Å². The third-order valence-electron chi connectivity index (χ3n) is 1.47. The molecule has 0 unspecified atom stereocenters. The average Bonchev–Trinajstić information content (AvgIpc) is 2.12. The van der Waals surface area contributed by atoms with Gasteiger partial charge in [-0.05, 0) is 6.07 Å². The summed E-state index contributed by atoms with van der Waals surface area (Å²) in [4.78, 5) is 3.92. The van der Waals surface area contributed by atoms with Gasteiger partial charge < -0.3 is 20.9 Å². The van der Waals surface area contributed by atoms with Crippen molar-refractivity contribution in [2.45, 2.75) is 0 Å². The normalized spacial score (nSPS) is 9.92. The number of ether oxygens (including phenoxy) is 2. The van der Waals surface area contributed by atoms with Crippen molar-refractivity contribution in [3.8, 4) is 5.88 Å². The molecule has 0 amide bonds. The van der Waals surface area contributed by atoms with Crippen molar-refractivity contribution in [3.05, 3.63) is 12.1 Å². The number of anilines is 2. The highest BCUT2D eigenvalue weighted by atomic mass is 16.5. The minimum atomic E-state index is 0.287. The maximum Gasteiger partial charge on any atom is 0.215 e. The maximum atomic E-state index is 5.48. The van der Waals surface area contributed by atoms with E-state index in [1.54, 1.807) is 19.2 Å². The lowest BCUT2D eigenvalue weighted by Gasteiger charge is -2.05. The van der Waals surface area contributed by atoms with Crippen molar-refractivity contribution in [2.75, 3.05) is 31.8 Å². The Balaban J connectivity index is 2.53. The molecular weight excluding hydrogens is 170 g/mol. The predicted octanol–water partition coefficient (Wildman–Crippen LogP) is 0.271. The van der Waals surface area contributed by atoms with Gasteiger partial charge in [0.1, 0.15) is 6.61 Å². The Labute approximate surface area is 76.7 Å². The summed E-state index contributed by atoms with van der Waals surface area (Å²) < 4.78 is 10.0. The van der Waals surface area contributed by atoms with Crippen LogP contribution in [0.3, 0.4) is 0 Å². The Hall–Kier alpha value is -1.49. The summed E-state index contributed by atoms with van der Waals surface area (Å²) in [5.74, 6) is 0.749. The molecule has 0 aromatic carbocycles. The topological polar surface area (TPSA) is 83.4 Å². The van der Waals surface area contributed by atoms with Gasteiger partial charge in [-0.1, -0.05) is 0 Å². The highest BCUT2D eigenvalue weighted by molar-refractivity contribution is 5.58. The molecule has 5 heteroatoms. The molecule has 0 atom stereocenters. The monoisotopic (exact) mass is 183 g/mol. The Morgan fingerprint density at radius 2 is 2.08 bits per heavy atom. The van der Waals surface area contributed by atoms with Gasteiger partial charge in [-0.2, -0.15) is 4.98 Å². The SMILES string of the molecule is COCCOc1ccc(N)c(N)n1. The lowest BCUT2D eigenvalue weighted by molar-refractivity contribution is 0.144. The number of nitrogen functional groups attached to an aromatic ring is 2. The molecular formula is C8H13N3O2. The van der Waals surface area contributed by atoms with Crippen LogP contribution in [-0.4, -0.2) is 25.3 Å². The van der Waals surface area contributed by atoms with Crippen molar-refractivity contribution in [1.82, 2.24) is 4.98 Å². The molecule has 5 nitrogen and oxygen atoms in total. The number of rotatable bonds is 4. The molecule has 0 fully saturated rings. The number of nitrogens with zero attached hydrogens (tertiary/aromatic N) is 1. The summed E-state index contributed by atoms with van der Waals surface area (Å²) >= 11 is 0. The van der Waals surface area contributed by atoms with E-state index >= 15 is 0 Å². The van der Waals surface area contributed by atoms with Crippen LogP contribution in [-0.2, 0) is 4.74 Å². The van der Waals surface area contributed by atoms with Gasteiger partial charge >= 0.3 is 0 Å². The second-order valence-electron chi connectivity index (χ2n) is 2.47. The molecule has 0 saturated carbocycles. The molecule has 72 valence electrons. The Kier molecular flexibility index (Phi) is 3.33. The fraction of sp³-hybridized carbons (Fsp3) is 0.375.